The van der Waals surface area contributed by atoms with E-state index in [9.17, 15) is 0 Å². The Morgan fingerprint density at radius 3 is 2.53 bits per heavy atom. The van der Waals surface area contributed by atoms with Crippen LogP contribution in [0.15, 0.2) is 24.1 Å². The third-order valence-electron chi connectivity index (χ3n) is 2.68. The lowest BCUT2D eigenvalue weighted by atomic mass is 10.2. The normalized spacial score (nSPS) is 17.7. The third kappa shape index (κ3) is 4.12. The highest BCUT2D eigenvalue weighted by Crippen LogP contribution is 2.33. The van der Waals surface area contributed by atoms with E-state index in [0.717, 1.165) is 31.2 Å². The zero-order valence-electron chi connectivity index (χ0n) is 9.39. The van der Waals surface area contributed by atoms with Crippen molar-refractivity contribution < 1.29 is 0 Å². The van der Waals surface area contributed by atoms with Crippen LogP contribution in [0.5, 0.6) is 0 Å². The van der Waals surface area contributed by atoms with E-state index < -0.39 is 0 Å². The number of piperazine rings is 1. The molecule has 1 aliphatic rings. The summed E-state index contributed by atoms with van der Waals surface area (Å²) in [5, 5.41) is 6.25. The van der Waals surface area contributed by atoms with Crippen molar-refractivity contribution in [3.8, 4) is 0 Å². The Labute approximate surface area is 124 Å². The van der Waals surface area contributed by atoms with E-state index in [-0.39, 0.29) is 30.9 Å². The zero-order valence-corrected chi connectivity index (χ0v) is 12.6. The van der Waals surface area contributed by atoms with E-state index in [4.69, 9.17) is 11.6 Å². The van der Waals surface area contributed by atoms with Gasteiger partial charge in [-0.15, -0.1) is 42.7 Å². The molecule has 1 aromatic heterocycles. The van der Waals surface area contributed by atoms with E-state index in [0.29, 0.717) is 0 Å². The average molecular weight is 316 g/mol. The first-order chi connectivity index (χ1) is 7.33. The Morgan fingerprint density at radius 2 is 2.06 bits per heavy atom. The van der Waals surface area contributed by atoms with Crippen LogP contribution in [0.25, 0.3) is 0 Å². The van der Waals surface area contributed by atoms with Crippen LogP contribution in [-0.2, 0) is 0 Å². The first-order valence-electron chi connectivity index (χ1n) is 5.13. The molecule has 0 aromatic carbocycles. The van der Waals surface area contributed by atoms with Gasteiger partial charge in [0.25, 0.3) is 0 Å². The summed E-state index contributed by atoms with van der Waals surface area (Å²) in [5.41, 5.74) is 0. The van der Waals surface area contributed by atoms with Crippen LogP contribution in [0.2, 0.25) is 5.02 Å². The molecule has 2 rings (SSSR count). The summed E-state index contributed by atoms with van der Waals surface area (Å²) in [7, 11) is 0. The lowest BCUT2D eigenvalue weighted by molar-refractivity contribution is 0.206. The number of rotatable bonds is 3. The molecule has 0 spiro atoms. The molecule has 98 valence electrons. The van der Waals surface area contributed by atoms with Crippen molar-refractivity contribution in [2.24, 2.45) is 0 Å². The summed E-state index contributed by atoms with van der Waals surface area (Å²) >= 11 is 7.86. The van der Waals surface area contributed by atoms with E-state index >= 15 is 0 Å². The number of thiophene rings is 1. The standard InChI is InChI=1S/C11H15ClN2S.2ClH/c1-2-10(11-9(12)3-8-15-11)14-6-4-13-5-7-14;;/h2-3,8,10,13H,1,4-7H2;2*1H/t10-;;/m1../s1. The third-order valence-corrected chi connectivity index (χ3v) is 4.11. The molecular weight excluding hydrogens is 299 g/mol. The lowest BCUT2D eigenvalue weighted by Gasteiger charge is -2.32. The van der Waals surface area contributed by atoms with Gasteiger partial charge in [-0.3, -0.25) is 4.90 Å². The largest absolute Gasteiger partial charge is 0.314 e. The Balaban J connectivity index is 0.00000128. The van der Waals surface area contributed by atoms with Crippen LogP contribution in [-0.4, -0.2) is 31.1 Å². The van der Waals surface area contributed by atoms with Crippen molar-refractivity contribution in [3.63, 3.8) is 0 Å². The van der Waals surface area contributed by atoms with Crippen LogP contribution in [0, 0.1) is 0 Å². The molecule has 0 amide bonds. The first kappa shape index (κ1) is 17.2. The summed E-state index contributed by atoms with van der Waals surface area (Å²) in [6.07, 6.45) is 1.99. The molecule has 0 radical (unpaired) electrons. The number of nitrogens with zero attached hydrogens (tertiary/aromatic N) is 1. The highest BCUT2D eigenvalue weighted by Gasteiger charge is 2.21. The summed E-state index contributed by atoms with van der Waals surface area (Å²) in [6, 6.07) is 2.24. The molecule has 1 fully saturated rings. The highest BCUT2D eigenvalue weighted by atomic mass is 35.5. The van der Waals surface area contributed by atoms with Gasteiger partial charge >= 0.3 is 0 Å². The number of hydrogen-bond donors (Lipinski definition) is 1. The van der Waals surface area contributed by atoms with E-state index in [1.807, 2.05) is 17.5 Å². The van der Waals surface area contributed by atoms with E-state index in [1.54, 1.807) is 11.3 Å². The minimum atomic E-state index is 0. The molecule has 1 N–H and O–H groups in total. The maximum absolute atomic E-state index is 6.15. The lowest BCUT2D eigenvalue weighted by Crippen LogP contribution is -2.44. The van der Waals surface area contributed by atoms with Gasteiger partial charge in [0.1, 0.15) is 0 Å². The molecule has 6 heteroatoms. The Hall–Kier alpha value is 0.230. The summed E-state index contributed by atoms with van der Waals surface area (Å²) in [6.45, 7) is 8.14. The summed E-state index contributed by atoms with van der Waals surface area (Å²) in [4.78, 5) is 3.63. The molecular formula is C11H17Cl3N2S. The Morgan fingerprint density at radius 1 is 1.41 bits per heavy atom. The fourth-order valence-electron chi connectivity index (χ4n) is 1.90. The van der Waals surface area contributed by atoms with Crippen molar-refractivity contribution in [1.82, 2.24) is 10.2 Å². The molecule has 1 aromatic rings. The highest BCUT2D eigenvalue weighted by molar-refractivity contribution is 7.10. The van der Waals surface area contributed by atoms with Crippen molar-refractivity contribution in [1.29, 1.82) is 0 Å². The van der Waals surface area contributed by atoms with E-state index in [2.05, 4.69) is 16.8 Å². The zero-order chi connectivity index (χ0) is 10.7. The maximum Gasteiger partial charge on any atom is 0.0639 e. The van der Waals surface area contributed by atoms with Crippen molar-refractivity contribution >= 4 is 47.8 Å². The van der Waals surface area contributed by atoms with Crippen LogP contribution in [0.1, 0.15) is 10.9 Å². The molecule has 1 saturated heterocycles. The van der Waals surface area contributed by atoms with Crippen LogP contribution in [0.3, 0.4) is 0 Å². The molecule has 0 saturated carbocycles. The molecule has 2 heterocycles. The quantitative estimate of drug-likeness (QED) is 0.860. The van der Waals surface area contributed by atoms with Gasteiger partial charge in [0.15, 0.2) is 0 Å². The van der Waals surface area contributed by atoms with Crippen LogP contribution in [0.4, 0.5) is 0 Å². The Bertz CT molecular complexity index is 337. The SMILES string of the molecule is C=C[C@H](c1sccc1Cl)N1CCNCC1.Cl.Cl. The molecule has 0 aliphatic carbocycles. The van der Waals surface area contributed by atoms with Crippen molar-refractivity contribution in [2.75, 3.05) is 26.2 Å². The van der Waals surface area contributed by atoms with Crippen molar-refractivity contribution in [3.05, 3.63) is 34.0 Å². The second kappa shape index (κ2) is 8.35. The summed E-state index contributed by atoms with van der Waals surface area (Å²) < 4.78 is 0. The number of nitrogens with one attached hydrogen (secondary N) is 1. The van der Waals surface area contributed by atoms with Gasteiger partial charge in [0.05, 0.1) is 11.1 Å². The smallest absolute Gasteiger partial charge is 0.0639 e. The summed E-state index contributed by atoms with van der Waals surface area (Å²) in [5.74, 6) is 0. The monoisotopic (exact) mass is 314 g/mol. The molecule has 2 nitrogen and oxygen atoms in total. The first-order valence-corrected chi connectivity index (χ1v) is 6.39. The molecule has 1 aliphatic heterocycles. The van der Waals surface area contributed by atoms with E-state index in [1.165, 1.54) is 4.88 Å². The second-order valence-electron chi connectivity index (χ2n) is 3.60. The van der Waals surface area contributed by atoms with Gasteiger partial charge in [-0.2, -0.15) is 0 Å². The Kier molecular flexibility index (Phi) is 8.47. The van der Waals surface area contributed by atoms with Crippen LogP contribution >= 0.6 is 47.8 Å². The molecule has 0 unspecified atom stereocenters. The number of halogens is 3. The predicted molar refractivity (Wildman–Crippen MR) is 81.2 cm³/mol. The topological polar surface area (TPSA) is 15.3 Å². The van der Waals surface area contributed by atoms with Gasteiger partial charge in [0, 0.05) is 31.1 Å². The molecule has 1 atom stereocenters. The van der Waals surface area contributed by atoms with Crippen LogP contribution < -0.4 is 5.32 Å². The van der Waals surface area contributed by atoms with Gasteiger partial charge in [-0.1, -0.05) is 17.7 Å². The second-order valence-corrected chi connectivity index (χ2v) is 4.95. The maximum atomic E-state index is 6.15. The van der Waals surface area contributed by atoms with Gasteiger partial charge in [0.2, 0.25) is 0 Å². The van der Waals surface area contributed by atoms with Gasteiger partial charge in [-0.25, -0.2) is 0 Å². The minimum absolute atomic E-state index is 0. The molecule has 0 bridgehead atoms. The minimum Gasteiger partial charge on any atom is -0.314 e. The average Bonchev–Trinajstić information content (AvgIpc) is 2.68. The predicted octanol–water partition coefficient (Wildman–Crippen LogP) is 3.38. The van der Waals surface area contributed by atoms with Gasteiger partial charge in [-0.05, 0) is 11.4 Å². The number of hydrogen-bond acceptors (Lipinski definition) is 3. The van der Waals surface area contributed by atoms with Gasteiger partial charge < -0.3 is 5.32 Å². The molecule has 17 heavy (non-hydrogen) atoms. The fraction of sp³-hybridized carbons (Fsp3) is 0.455. The fourth-order valence-corrected chi connectivity index (χ4v) is 3.20. The van der Waals surface area contributed by atoms with Crippen molar-refractivity contribution in [2.45, 2.75) is 6.04 Å².